The molecule has 16 heavy (non-hydrogen) atoms. The molecule has 0 unspecified atom stereocenters. The third-order valence-corrected chi connectivity index (χ3v) is 4.88. The molecule has 1 N–H and O–H groups in total. The highest BCUT2D eigenvalue weighted by Gasteiger charge is 2.40. The van der Waals surface area contributed by atoms with Crippen LogP contribution in [0.2, 0.25) is 0 Å². The molecule has 2 bridgehead atoms. The average molecular weight is 219 g/mol. The number of allylic oxidation sites excluding steroid dienone is 1. The number of hydrogen-bond acceptors (Lipinski definition) is 1. The summed E-state index contributed by atoms with van der Waals surface area (Å²) in [5.74, 6) is 1.42. The first kappa shape index (κ1) is 10.4. The van der Waals surface area contributed by atoms with Crippen LogP contribution < -0.4 is 5.32 Å². The molecule has 3 aliphatic rings. The predicted molar refractivity (Wildman–Crippen MR) is 63.9 cm³/mol. The summed E-state index contributed by atoms with van der Waals surface area (Å²) in [7, 11) is 0. The number of carbonyl (C=O) groups is 1. The molecule has 3 rings (SSSR count). The Labute approximate surface area is 97.5 Å². The molecular weight excluding hydrogens is 198 g/mol. The molecule has 0 heterocycles. The Hall–Kier alpha value is -0.790. The van der Waals surface area contributed by atoms with Crippen molar-refractivity contribution >= 4 is 6.41 Å². The second-order valence-corrected chi connectivity index (χ2v) is 5.65. The summed E-state index contributed by atoms with van der Waals surface area (Å²) >= 11 is 0. The number of rotatable bonds is 2. The van der Waals surface area contributed by atoms with Crippen LogP contribution in [0.15, 0.2) is 11.1 Å². The van der Waals surface area contributed by atoms with Crippen LogP contribution in [0.25, 0.3) is 0 Å². The molecule has 88 valence electrons. The molecule has 0 aliphatic heterocycles. The summed E-state index contributed by atoms with van der Waals surface area (Å²) in [6.07, 6.45) is 11.6. The van der Waals surface area contributed by atoms with E-state index in [9.17, 15) is 4.79 Å². The fraction of sp³-hybridized carbons (Fsp3) is 0.786. The van der Waals surface area contributed by atoms with E-state index in [1.165, 1.54) is 51.4 Å². The minimum absolute atomic E-state index is 0.461. The lowest BCUT2D eigenvalue weighted by Crippen LogP contribution is -2.48. The van der Waals surface area contributed by atoms with E-state index >= 15 is 0 Å². The van der Waals surface area contributed by atoms with E-state index in [0.29, 0.717) is 12.0 Å². The van der Waals surface area contributed by atoms with Gasteiger partial charge >= 0.3 is 0 Å². The van der Waals surface area contributed by atoms with E-state index < -0.39 is 0 Å². The zero-order valence-electron chi connectivity index (χ0n) is 9.87. The van der Waals surface area contributed by atoms with Gasteiger partial charge in [-0.05, 0) is 50.9 Å². The summed E-state index contributed by atoms with van der Waals surface area (Å²) in [6, 6.07) is 0.461. The maximum absolute atomic E-state index is 10.7. The normalized spacial score (nSPS) is 37.9. The van der Waals surface area contributed by atoms with Crippen molar-refractivity contribution in [3.05, 3.63) is 11.1 Å². The van der Waals surface area contributed by atoms with Gasteiger partial charge in [-0.3, -0.25) is 4.79 Å². The molecule has 0 aromatic rings. The predicted octanol–water partition coefficient (Wildman–Crippen LogP) is 2.79. The quantitative estimate of drug-likeness (QED) is 0.561. The lowest BCUT2D eigenvalue weighted by Gasteiger charge is -2.46. The van der Waals surface area contributed by atoms with Crippen LogP contribution in [-0.2, 0) is 4.79 Å². The number of hydrogen-bond donors (Lipinski definition) is 1. The highest BCUT2D eigenvalue weighted by Crippen LogP contribution is 2.47. The topological polar surface area (TPSA) is 29.1 Å². The molecule has 0 saturated heterocycles. The first-order chi connectivity index (χ1) is 7.90. The Morgan fingerprint density at radius 1 is 1.12 bits per heavy atom. The van der Waals surface area contributed by atoms with Crippen LogP contribution in [-0.4, -0.2) is 12.5 Å². The van der Waals surface area contributed by atoms with E-state index in [4.69, 9.17) is 0 Å². The Balaban J connectivity index is 1.90. The lowest BCUT2D eigenvalue weighted by atomic mass is 9.63. The molecule has 0 aromatic carbocycles. The smallest absolute Gasteiger partial charge is 0.207 e. The maximum atomic E-state index is 10.7. The van der Waals surface area contributed by atoms with Crippen LogP contribution in [0.3, 0.4) is 0 Å². The summed E-state index contributed by atoms with van der Waals surface area (Å²) < 4.78 is 0. The maximum Gasteiger partial charge on any atom is 0.207 e. The van der Waals surface area contributed by atoms with Gasteiger partial charge in [0.1, 0.15) is 0 Å². The van der Waals surface area contributed by atoms with Crippen molar-refractivity contribution in [1.82, 2.24) is 5.32 Å². The highest BCUT2D eigenvalue weighted by atomic mass is 16.1. The van der Waals surface area contributed by atoms with Gasteiger partial charge in [0.15, 0.2) is 0 Å². The van der Waals surface area contributed by atoms with Crippen LogP contribution in [0.1, 0.15) is 51.4 Å². The summed E-state index contributed by atoms with van der Waals surface area (Å²) in [4.78, 5) is 10.7. The summed E-state index contributed by atoms with van der Waals surface area (Å²) in [5, 5.41) is 3.10. The van der Waals surface area contributed by atoms with Crippen molar-refractivity contribution in [2.75, 3.05) is 0 Å². The third kappa shape index (κ3) is 1.59. The van der Waals surface area contributed by atoms with Gasteiger partial charge < -0.3 is 5.32 Å². The van der Waals surface area contributed by atoms with Gasteiger partial charge in [0.25, 0.3) is 0 Å². The van der Waals surface area contributed by atoms with Gasteiger partial charge in [-0.1, -0.05) is 17.6 Å². The standard InChI is InChI=1S/C14H21NO/c16-9-15-14-11-5-3-7-13(14)12-6-2-1-4-10(12)8-11/h9,11,13-14H,1-8H2,(H,15,16)/t11-,13+,14-/m1/s1. The molecule has 1 saturated carbocycles. The van der Waals surface area contributed by atoms with Crippen LogP contribution in [0, 0.1) is 11.8 Å². The number of fused-ring (bicyclic) bond motifs is 3. The monoisotopic (exact) mass is 219 g/mol. The Bertz CT molecular complexity index is 321. The Morgan fingerprint density at radius 2 is 2.00 bits per heavy atom. The van der Waals surface area contributed by atoms with Gasteiger partial charge in [-0.25, -0.2) is 0 Å². The lowest BCUT2D eigenvalue weighted by molar-refractivity contribution is -0.111. The first-order valence-corrected chi connectivity index (χ1v) is 6.80. The Kier molecular flexibility index (Phi) is 2.74. The number of carbonyl (C=O) groups excluding carboxylic acids is 1. The molecule has 2 nitrogen and oxygen atoms in total. The first-order valence-electron chi connectivity index (χ1n) is 6.80. The minimum atomic E-state index is 0.461. The van der Waals surface area contributed by atoms with E-state index in [-0.39, 0.29) is 0 Å². The van der Waals surface area contributed by atoms with Crippen molar-refractivity contribution in [2.24, 2.45) is 11.8 Å². The Morgan fingerprint density at radius 3 is 2.88 bits per heavy atom. The molecule has 1 amide bonds. The van der Waals surface area contributed by atoms with E-state index in [2.05, 4.69) is 5.32 Å². The number of nitrogens with one attached hydrogen (secondary N) is 1. The number of amides is 1. The van der Waals surface area contributed by atoms with Gasteiger partial charge in [0, 0.05) is 12.0 Å². The van der Waals surface area contributed by atoms with Crippen LogP contribution >= 0.6 is 0 Å². The minimum Gasteiger partial charge on any atom is -0.355 e. The molecule has 0 aromatic heterocycles. The van der Waals surface area contributed by atoms with Gasteiger partial charge in [0.05, 0.1) is 0 Å². The molecule has 0 radical (unpaired) electrons. The molecular formula is C14H21NO. The van der Waals surface area contributed by atoms with Crippen molar-refractivity contribution in [3.63, 3.8) is 0 Å². The zero-order chi connectivity index (χ0) is 11.0. The van der Waals surface area contributed by atoms with Gasteiger partial charge in [0.2, 0.25) is 6.41 Å². The van der Waals surface area contributed by atoms with Crippen LogP contribution in [0.5, 0.6) is 0 Å². The van der Waals surface area contributed by atoms with Crippen LogP contribution in [0.4, 0.5) is 0 Å². The zero-order valence-corrected chi connectivity index (χ0v) is 9.87. The third-order valence-electron chi connectivity index (χ3n) is 4.88. The van der Waals surface area contributed by atoms with E-state index in [1.54, 1.807) is 11.1 Å². The molecule has 3 atom stereocenters. The van der Waals surface area contributed by atoms with Crippen molar-refractivity contribution in [2.45, 2.75) is 57.4 Å². The molecule has 0 spiro atoms. The van der Waals surface area contributed by atoms with Gasteiger partial charge in [-0.15, -0.1) is 0 Å². The second kappa shape index (κ2) is 4.23. The van der Waals surface area contributed by atoms with E-state index in [0.717, 1.165) is 12.3 Å². The summed E-state index contributed by atoms with van der Waals surface area (Å²) in [5.41, 5.74) is 3.51. The summed E-state index contributed by atoms with van der Waals surface area (Å²) in [6.45, 7) is 0. The molecule has 3 aliphatic carbocycles. The average Bonchev–Trinajstić information content (AvgIpc) is 2.30. The van der Waals surface area contributed by atoms with Crippen molar-refractivity contribution in [1.29, 1.82) is 0 Å². The van der Waals surface area contributed by atoms with E-state index in [1.807, 2.05) is 0 Å². The largest absolute Gasteiger partial charge is 0.355 e. The fourth-order valence-electron chi connectivity index (χ4n) is 4.23. The second-order valence-electron chi connectivity index (χ2n) is 5.65. The van der Waals surface area contributed by atoms with Gasteiger partial charge in [-0.2, -0.15) is 0 Å². The SMILES string of the molecule is O=CN[C@@H]1[C@@H]2CCC[C@H]1C1=C(CCCC1)C2. The fourth-order valence-corrected chi connectivity index (χ4v) is 4.23. The van der Waals surface area contributed by atoms with Crippen molar-refractivity contribution < 1.29 is 4.79 Å². The van der Waals surface area contributed by atoms with Crippen molar-refractivity contribution in [3.8, 4) is 0 Å². The molecule has 1 fully saturated rings. The highest BCUT2D eigenvalue weighted by molar-refractivity contribution is 5.48. The molecule has 2 heteroatoms.